The van der Waals surface area contributed by atoms with Crippen LogP contribution in [-0.2, 0) is 0 Å². The van der Waals surface area contributed by atoms with Gasteiger partial charge >= 0.3 is 5.76 Å². The van der Waals surface area contributed by atoms with Crippen molar-refractivity contribution in [2.75, 3.05) is 7.11 Å². The Bertz CT molecular complexity index is 775. The lowest BCUT2D eigenvalue weighted by Gasteiger charge is -2.03. The van der Waals surface area contributed by atoms with Gasteiger partial charge in [0.25, 0.3) is 5.89 Å². The summed E-state index contributed by atoms with van der Waals surface area (Å²) in [5.41, 5.74) is 1.30. The average molecular weight is 268 g/mol. The molecular formula is C15H12N2O3. The minimum absolute atomic E-state index is 0.233. The molecule has 0 atom stereocenters. The fourth-order valence-corrected chi connectivity index (χ4v) is 1.94. The monoisotopic (exact) mass is 268 g/mol. The van der Waals surface area contributed by atoms with Gasteiger partial charge in [0.1, 0.15) is 5.75 Å². The molecule has 20 heavy (non-hydrogen) atoms. The number of benzene rings is 2. The third-order valence-electron chi connectivity index (χ3n) is 2.89. The SMILES string of the molecule is COc1ccccc1-c1nn(-c2ccccc2)c(=O)o1. The largest absolute Gasteiger partial charge is 0.496 e. The van der Waals surface area contributed by atoms with Crippen LogP contribution in [0.1, 0.15) is 0 Å². The van der Waals surface area contributed by atoms with E-state index in [4.69, 9.17) is 9.15 Å². The highest BCUT2D eigenvalue weighted by Crippen LogP contribution is 2.27. The molecule has 1 heterocycles. The summed E-state index contributed by atoms with van der Waals surface area (Å²) in [7, 11) is 1.56. The van der Waals surface area contributed by atoms with Crippen molar-refractivity contribution in [3.05, 3.63) is 65.1 Å². The second-order valence-electron chi connectivity index (χ2n) is 4.12. The molecule has 0 unspecified atom stereocenters. The van der Waals surface area contributed by atoms with Gasteiger partial charge in [-0.3, -0.25) is 0 Å². The number of aromatic nitrogens is 2. The Balaban J connectivity index is 2.12. The van der Waals surface area contributed by atoms with Gasteiger partial charge in [0, 0.05) is 0 Å². The van der Waals surface area contributed by atoms with Crippen LogP contribution in [-0.4, -0.2) is 16.9 Å². The summed E-state index contributed by atoms with van der Waals surface area (Å²) >= 11 is 0. The van der Waals surface area contributed by atoms with E-state index in [0.717, 1.165) is 0 Å². The molecule has 3 rings (SSSR count). The molecule has 3 aromatic rings. The van der Waals surface area contributed by atoms with Crippen LogP contribution in [0.25, 0.3) is 17.1 Å². The van der Waals surface area contributed by atoms with Gasteiger partial charge < -0.3 is 9.15 Å². The molecule has 0 amide bonds. The Labute approximate surface area is 115 Å². The maximum Gasteiger partial charge on any atom is 0.442 e. The lowest BCUT2D eigenvalue weighted by Crippen LogP contribution is -2.12. The number of nitrogens with zero attached hydrogens (tertiary/aromatic N) is 2. The summed E-state index contributed by atoms with van der Waals surface area (Å²) in [5.74, 6) is 0.308. The molecule has 0 aliphatic heterocycles. The van der Waals surface area contributed by atoms with Crippen molar-refractivity contribution in [1.29, 1.82) is 0 Å². The van der Waals surface area contributed by atoms with Gasteiger partial charge in [0.05, 0.1) is 18.4 Å². The lowest BCUT2D eigenvalue weighted by molar-refractivity contribution is 0.413. The predicted octanol–water partition coefficient (Wildman–Crippen LogP) is 2.50. The predicted molar refractivity (Wildman–Crippen MR) is 74.1 cm³/mol. The minimum atomic E-state index is -0.530. The summed E-state index contributed by atoms with van der Waals surface area (Å²) in [4.78, 5) is 11.9. The van der Waals surface area contributed by atoms with Gasteiger partial charge in [-0.25, -0.2) is 4.79 Å². The van der Waals surface area contributed by atoms with E-state index >= 15 is 0 Å². The summed E-state index contributed by atoms with van der Waals surface area (Å²) in [6.07, 6.45) is 0. The fraction of sp³-hybridized carbons (Fsp3) is 0.0667. The topological polar surface area (TPSA) is 57.3 Å². The molecule has 0 saturated carbocycles. The van der Waals surface area contributed by atoms with Crippen molar-refractivity contribution in [2.45, 2.75) is 0 Å². The van der Waals surface area contributed by atoms with E-state index in [1.165, 1.54) is 4.68 Å². The smallest absolute Gasteiger partial charge is 0.442 e. The van der Waals surface area contributed by atoms with Crippen molar-refractivity contribution < 1.29 is 9.15 Å². The first kappa shape index (κ1) is 12.2. The van der Waals surface area contributed by atoms with Crippen LogP contribution in [0.3, 0.4) is 0 Å². The summed E-state index contributed by atoms with van der Waals surface area (Å²) in [6.45, 7) is 0. The number of hydrogen-bond donors (Lipinski definition) is 0. The van der Waals surface area contributed by atoms with Crippen molar-refractivity contribution in [2.24, 2.45) is 0 Å². The first-order chi connectivity index (χ1) is 9.79. The van der Waals surface area contributed by atoms with Crippen molar-refractivity contribution >= 4 is 0 Å². The third kappa shape index (κ3) is 2.09. The molecule has 0 bridgehead atoms. The lowest BCUT2D eigenvalue weighted by atomic mass is 10.2. The second-order valence-corrected chi connectivity index (χ2v) is 4.12. The molecule has 5 nitrogen and oxygen atoms in total. The number of para-hydroxylation sites is 2. The van der Waals surface area contributed by atoms with E-state index in [2.05, 4.69) is 5.10 Å². The van der Waals surface area contributed by atoms with Gasteiger partial charge in [0.2, 0.25) is 0 Å². The summed E-state index contributed by atoms with van der Waals surface area (Å²) in [5, 5.41) is 4.22. The number of rotatable bonds is 3. The van der Waals surface area contributed by atoms with Crippen LogP contribution in [0.15, 0.2) is 63.8 Å². The van der Waals surface area contributed by atoms with Gasteiger partial charge in [0.15, 0.2) is 0 Å². The molecule has 0 saturated heterocycles. The highest BCUT2D eigenvalue weighted by Gasteiger charge is 2.14. The highest BCUT2D eigenvalue weighted by molar-refractivity contribution is 5.62. The van der Waals surface area contributed by atoms with Gasteiger partial charge in [-0.1, -0.05) is 30.3 Å². The number of methoxy groups -OCH3 is 1. The highest BCUT2D eigenvalue weighted by atomic mass is 16.5. The molecule has 2 aromatic carbocycles. The van der Waals surface area contributed by atoms with Crippen LogP contribution >= 0.6 is 0 Å². The zero-order valence-corrected chi connectivity index (χ0v) is 10.8. The summed E-state index contributed by atoms with van der Waals surface area (Å²) < 4.78 is 11.7. The van der Waals surface area contributed by atoms with Crippen LogP contribution in [0.2, 0.25) is 0 Å². The molecule has 0 radical (unpaired) electrons. The van der Waals surface area contributed by atoms with Crippen LogP contribution in [0, 0.1) is 0 Å². The molecule has 0 N–H and O–H groups in total. The quantitative estimate of drug-likeness (QED) is 0.732. The molecule has 5 heteroatoms. The first-order valence-electron chi connectivity index (χ1n) is 6.08. The van der Waals surface area contributed by atoms with Crippen LogP contribution in [0.5, 0.6) is 5.75 Å². The zero-order chi connectivity index (χ0) is 13.9. The number of hydrogen-bond acceptors (Lipinski definition) is 4. The van der Waals surface area contributed by atoms with Crippen molar-refractivity contribution in [1.82, 2.24) is 9.78 Å². The van der Waals surface area contributed by atoms with Gasteiger partial charge in [-0.2, -0.15) is 4.68 Å². The normalized spacial score (nSPS) is 10.4. The molecule has 0 aliphatic carbocycles. The first-order valence-corrected chi connectivity index (χ1v) is 6.08. The van der Waals surface area contributed by atoms with E-state index in [-0.39, 0.29) is 5.89 Å². The van der Waals surface area contributed by atoms with Crippen molar-refractivity contribution in [3.63, 3.8) is 0 Å². The van der Waals surface area contributed by atoms with Crippen LogP contribution in [0.4, 0.5) is 0 Å². The van der Waals surface area contributed by atoms with Crippen LogP contribution < -0.4 is 10.5 Å². The van der Waals surface area contributed by atoms with E-state index in [9.17, 15) is 4.79 Å². The van der Waals surface area contributed by atoms with E-state index in [1.54, 1.807) is 31.4 Å². The molecular weight excluding hydrogens is 256 g/mol. The average Bonchev–Trinajstić information content (AvgIpc) is 2.90. The standard InChI is InChI=1S/C15H12N2O3/c1-19-13-10-6-5-9-12(13)14-16-17(15(18)20-14)11-7-3-2-4-8-11/h2-10H,1H3. The molecule has 0 aliphatic rings. The van der Waals surface area contributed by atoms with E-state index < -0.39 is 5.76 Å². The third-order valence-corrected chi connectivity index (χ3v) is 2.89. The Morgan fingerprint density at radius 2 is 1.75 bits per heavy atom. The Kier molecular flexibility index (Phi) is 3.09. The van der Waals surface area contributed by atoms with Gasteiger partial charge in [-0.15, -0.1) is 5.10 Å². The zero-order valence-electron chi connectivity index (χ0n) is 10.8. The second kappa shape index (κ2) is 5.05. The van der Waals surface area contributed by atoms with E-state index in [0.29, 0.717) is 17.0 Å². The molecule has 0 fully saturated rings. The van der Waals surface area contributed by atoms with Gasteiger partial charge in [-0.05, 0) is 24.3 Å². The maximum atomic E-state index is 11.9. The maximum absolute atomic E-state index is 11.9. The summed E-state index contributed by atoms with van der Waals surface area (Å²) in [6, 6.07) is 16.4. The molecule has 1 aromatic heterocycles. The Morgan fingerprint density at radius 3 is 2.50 bits per heavy atom. The fourth-order valence-electron chi connectivity index (χ4n) is 1.94. The number of ether oxygens (including phenoxy) is 1. The Hall–Kier alpha value is -2.82. The Morgan fingerprint density at radius 1 is 1.05 bits per heavy atom. The molecule has 0 spiro atoms. The molecule has 100 valence electrons. The van der Waals surface area contributed by atoms with E-state index in [1.807, 2.05) is 30.3 Å². The minimum Gasteiger partial charge on any atom is -0.496 e. The van der Waals surface area contributed by atoms with Crippen molar-refractivity contribution in [3.8, 4) is 22.9 Å².